The third-order valence-electron chi connectivity index (χ3n) is 4.15. The van der Waals surface area contributed by atoms with E-state index in [1.165, 1.54) is 10.9 Å². The van der Waals surface area contributed by atoms with Crippen molar-refractivity contribution in [3.05, 3.63) is 63.9 Å². The number of furan rings is 1. The van der Waals surface area contributed by atoms with E-state index in [9.17, 15) is 14.4 Å². The van der Waals surface area contributed by atoms with E-state index in [1.807, 2.05) is 30.3 Å². The fourth-order valence-corrected chi connectivity index (χ4v) is 2.72. The Morgan fingerprint density at radius 2 is 1.93 bits per heavy atom. The number of amides is 2. The van der Waals surface area contributed by atoms with E-state index in [1.54, 1.807) is 14.0 Å². The maximum atomic E-state index is 12.5. The Balaban J connectivity index is 1.59. The number of benzene rings is 1. The Labute approximate surface area is 155 Å². The van der Waals surface area contributed by atoms with E-state index >= 15 is 0 Å². The van der Waals surface area contributed by atoms with Gasteiger partial charge in [-0.25, -0.2) is 4.98 Å². The summed E-state index contributed by atoms with van der Waals surface area (Å²) < 4.78 is 6.69. The molecule has 3 rings (SSSR count). The topological polar surface area (TPSA) is 106 Å². The summed E-state index contributed by atoms with van der Waals surface area (Å²) in [6, 6.07) is 9.55. The summed E-state index contributed by atoms with van der Waals surface area (Å²) in [6.07, 6.45) is 1.47. The first-order valence-electron chi connectivity index (χ1n) is 8.51. The van der Waals surface area contributed by atoms with Gasteiger partial charge in [-0.1, -0.05) is 30.3 Å². The van der Waals surface area contributed by atoms with E-state index < -0.39 is 5.91 Å². The van der Waals surface area contributed by atoms with Gasteiger partial charge < -0.3 is 19.6 Å². The number of carbonyl (C=O) groups excluding carboxylic acids is 2. The Bertz CT molecular complexity index is 1040. The molecule has 2 amide bonds. The second kappa shape index (κ2) is 7.86. The predicted octanol–water partition coefficient (Wildman–Crippen LogP) is 1.27. The van der Waals surface area contributed by atoms with Crippen LogP contribution in [0.4, 0.5) is 0 Å². The molecule has 0 aliphatic heterocycles. The molecule has 0 saturated carbocycles. The highest BCUT2D eigenvalue weighted by atomic mass is 16.3. The first-order valence-corrected chi connectivity index (χ1v) is 8.51. The monoisotopic (exact) mass is 368 g/mol. The minimum atomic E-state index is -0.466. The van der Waals surface area contributed by atoms with Crippen LogP contribution in [-0.2, 0) is 18.4 Å². The lowest BCUT2D eigenvalue weighted by atomic mass is 10.1. The van der Waals surface area contributed by atoms with Crippen LogP contribution in [0.2, 0.25) is 0 Å². The molecule has 2 N–H and O–H groups in total. The van der Waals surface area contributed by atoms with E-state index in [0.717, 1.165) is 5.56 Å². The second-order valence-electron chi connectivity index (χ2n) is 6.14. The molecule has 0 aliphatic carbocycles. The van der Waals surface area contributed by atoms with Gasteiger partial charge >= 0.3 is 0 Å². The van der Waals surface area contributed by atoms with Crippen LogP contribution in [0.25, 0.3) is 11.1 Å². The van der Waals surface area contributed by atoms with Crippen LogP contribution < -0.4 is 16.2 Å². The molecule has 8 heteroatoms. The molecule has 27 heavy (non-hydrogen) atoms. The lowest BCUT2D eigenvalue weighted by Crippen LogP contribution is -2.31. The molecule has 2 aromatic heterocycles. The third kappa shape index (κ3) is 4.05. The number of rotatable bonds is 6. The molecule has 0 saturated heterocycles. The van der Waals surface area contributed by atoms with Gasteiger partial charge in [0.1, 0.15) is 17.5 Å². The summed E-state index contributed by atoms with van der Waals surface area (Å²) in [4.78, 5) is 40.7. The summed E-state index contributed by atoms with van der Waals surface area (Å²) in [6.45, 7) is 2.18. The number of hydrogen-bond acceptors (Lipinski definition) is 5. The molecule has 1 aromatic carbocycles. The third-order valence-corrected chi connectivity index (χ3v) is 4.15. The average Bonchev–Trinajstić information content (AvgIpc) is 3.00. The van der Waals surface area contributed by atoms with Gasteiger partial charge in [0.2, 0.25) is 11.6 Å². The molecule has 0 aliphatic rings. The fourth-order valence-electron chi connectivity index (χ4n) is 2.72. The van der Waals surface area contributed by atoms with Gasteiger partial charge in [-0.05, 0) is 12.5 Å². The van der Waals surface area contributed by atoms with Gasteiger partial charge in [-0.3, -0.25) is 14.4 Å². The number of aryl methyl sites for hydroxylation is 2. The van der Waals surface area contributed by atoms with Crippen molar-refractivity contribution < 1.29 is 14.0 Å². The van der Waals surface area contributed by atoms with Crippen molar-refractivity contribution in [1.82, 2.24) is 20.2 Å². The molecule has 0 atom stereocenters. The number of aromatic nitrogens is 2. The molecule has 0 fully saturated rings. The van der Waals surface area contributed by atoms with E-state index in [2.05, 4.69) is 15.6 Å². The predicted molar refractivity (Wildman–Crippen MR) is 99.2 cm³/mol. The molecule has 140 valence electrons. The average molecular weight is 368 g/mol. The highest BCUT2D eigenvalue weighted by Gasteiger charge is 2.22. The molecule has 0 spiro atoms. The normalized spacial score (nSPS) is 10.7. The maximum absolute atomic E-state index is 12.5. The van der Waals surface area contributed by atoms with Crippen LogP contribution in [0.1, 0.15) is 28.1 Å². The lowest BCUT2D eigenvalue weighted by molar-refractivity contribution is -0.121. The highest BCUT2D eigenvalue weighted by molar-refractivity contribution is 6.06. The zero-order valence-electron chi connectivity index (χ0n) is 15.1. The molecule has 0 bridgehead atoms. The second-order valence-corrected chi connectivity index (χ2v) is 6.14. The van der Waals surface area contributed by atoms with Gasteiger partial charge in [-0.15, -0.1) is 0 Å². The summed E-state index contributed by atoms with van der Waals surface area (Å²) in [5.74, 6) is -0.329. The number of carbonyl (C=O) groups is 2. The standard InChI is InChI=1S/C19H20N4O4/c1-12-15(16-18(27-12)22-11-23(2)19(16)26)17(25)20-9-8-14(24)21-10-13-6-4-3-5-7-13/h3-7,11H,8-10H2,1-2H3,(H,20,25)(H,21,24). The smallest absolute Gasteiger partial charge is 0.265 e. The number of nitrogens with zero attached hydrogens (tertiary/aromatic N) is 2. The zero-order chi connectivity index (χ0) is 19.4. The quantitative estimate of drug-likeness (QED) is 0.682. The number of nitrogens with one attached hydrogen (secondary N) is 2. The van der Waals surface area contributed by atoms with Crippen molar-refractivity contribution in [3.63, 3.8) is 0 Å². The van der Waals surface area contributed by atoms with Crippen LogP contribution in [-0.4, -0.2) is 27.9 Å². The molecular weight excluding hydrogens is 348 g/mol. The van der Waals surface area contributed by atoms with Crippen molar-refractivity contribution in [1.29, 1.82) is 0 Å². The SMILES string of the molecule is Cc1oc2ncn(C)c(=O)c2c1C(=O)NCCC(=O)NCc1ccccc1. The summed E-state index contributed by atoms with van der Waals surface area (Å²) in [5.41, 5.74) is 0.922. The van der Waals surface area contributed by atoms with Crippen molar-refractivity contribution in [3.8, 4) is 0 Å². The number of hydrogen-bond donors (Lipinski definition) is 2. The van der Waals surface area contributed by atoms with E-state index in [0.29, 0.717) is 12.3 Å². The van der Waals surface area contributed by atoms with Gasteiger partial charge in [0.25, 0.3) is 11.5 Å². The highest BCUT2D eigenvalue weighted by Crippen LogP contribution is 2.20. The van der Waals surface area contributed by atoms with Gasteiger partial charge in [0, 0.05) is 26.6 Å². The zero-order valence-corrected chi connectivity index (χ0v) is 15.1. The van der Waals surface area contributed by atoms with Crippen molar-refractivity contribution >= 4 is 22.9 Å². The first kappa shape index (κ1) is 18.4. The Kier molecular flexibility index (Phi) is 5.35. The van der Waals surface area contributed by atoms with Gasteiger partial charge in [0.05, 0.1) is 5.56 Å². The van der Waals surface area contributed by atoms with Gasteiger partial charge in [-0.2, -0.15) is 0 Å². The Morgan fingerprint density at radius 1 is 1.19 bits per heavy atom. The Morgan fingerprint density at radius 3 is 2.67 bits per heavy atom. The minimum Gasteiger partial charge on any atom is -0.442 e. The fraction of sp³-hybridized carbons (Fsp3) is 0.263. The van der Waals surface area contributed by atoms with E-state index in [-0.39, 0.29) is 41.1 Å². The molecular formula is C19H20N4O4. The van der Waals surface area contributed by atoms with Crippen molar-refractivity contribution in [2.24, 2.45) is 7.05 Å². The first-order chi connectivity index (χ1) is 13.0. The number of fused-ring (bicyclic) bond motifs is 1. The van der Waals surface area contributed by atoms with Crippen LogP contribution >= 0.6 is 0 Å². The summed E-state index contributed by atoms with van der Waals surface area (Å²) in [7, 11) is 1.55. The van der Waals surface area contributed by atoms with E-state index in [4.69, 9.17) is 4.42 Å². The van der Waals surface area contributed by atoms with Gasteiger partial charge in [0.15, 0.2) is 0 Å². The van der Waals surface area contributed by atoms with Crippen molar-refractivity contribution in [2.45, 2.75) is 19.9 Å². The van der Waals surface area contributed by atoms with Crippen LogP contribution in [0.3, 0.4) is 0 Å². The molecule has 0 radical (unpaired) electrons. The molecule has 8 nitrogen and oxygen atoms in total. The Hall–Kier alpha value is -3.42. The van der Waals surface area contributed by atoms with Crippen LogP contribution in [0.5, 0.6) is 0 Å². The molecule has 3 aromatic rings. The summed E-state index contributed by atoms with van der Waals surface area (Å²) >= 11 is 0. The largest absolute Gasteiger partial charge is 0.442 e. The minimum absolute atomic E-state index is 0.126. The maximum Gasteiger partial charge on any atom is 0.265 e. The lowest BCUT2D eigenvalue weighted by Gasteiger charge is -2.07. The van der Waals surface area contributed by atoms with Crippen molar-refractivity contribution in [2.75, 3.05) is 6.54 Å². The molecule has 0 unspecified atom stereocenters. The summed E-state index contributed by atoms with van der Waals surface area (Å²) in [5, 5.41) is 5.59. The van der Waals surface area contributed by atoms with Crippen LogP contribution in [0, 0.1) is 6.92 Å². The van der Waals surface area contributed by atoms with Crippen LogP contribution in [0.15, 0.2) is 45.9 Å². The molecule has 2 heterocycles.